The number of benzene rings is 2. The number of amides is 2. The predicted molar refractivity (Wildman–Crippen MR) is 103 cm³/mol. The average Bonchev–Trinajstić information content (AvgIpc) is 3.30. The summed E-state index contributed by atoms with van der Waals surface area (Å²) < 4.78 is 0. The molecule has 0 radical (unpaired) electrons. The molecule has 3 saturated heterocycles. The van der Waals surface area contributed by atoms with E-state index in [0.29, 0.717) is 10.7 Å². The Hall–Kier alpha value is -2.21. The number of carbonyl (C=O) groups excluding carboxylic acids is 2. The summed E-state index contributed by atoms with van der Waals surface area (Å²) in [7, 11) is 0. The van der Waals surface area contributed by atoms with Crippen molar-refractivity contribution in [1.29, 1.82) is 0 Å². The highest BCUT2D eigenvalue weighted by Gasteiger charge is 2.63. The number of carbonyl (C=O) groups is 2. The minimum atomic E-state index is -0.442. The van der Waals surface area contributed by atoms with Crippen molar-refractivity contribution in [3.05, 3.63) is 64.7 Å². The van der Waals surface area contributed by atoms with Crippen LogP contribution in [0.4, 0.5) is 5.69 Å². The van der Waals surface area contributed by atoms with Gasteiger partial charge in [0, 0.05) is 18.1 Å². The third-order valence-electron chi connectivity index (χ3n) is 5.92. The molecule has 3 fully saturated rings. The Balaban J connectivity index is 1.60. The van der Waals surface area contributed by atoms with E-state index >= 15 is 0 Å². The third kappa shape index (κ3) is 2.39. The number of anilines is 1. The van der Waals surface area contributed by atoms with E-state index in [1.165, 1.54) is 4.90 Å². The minimum Gasteiger partial charge on any atom is -0.274 e. The van der Waals surface area contributed by atoms with Crippen LogP contribution < -0.4 is 4.90 Å². The van der Waals surface area contributed by atoms with Crippen LogP contribution >= 0.6 is 11.6 Å². The second-order valence-electron chi connectivity index (χ2n) is 7.46. The SMILES string of the molecule is Cc1ccc(N2C(=O)[C@H]3[C@@H](C2=O)N2CCCN2[C@H]3c2ccccc2Cl)cc1. The van der Waals surface area contributed by atoms with Crippen LogP contribution in [0.1, 0.15) is 23.6 Å². The summed E-state index contributed by atoms with van der Waals surface area (Å²) in [6.45, 7) is 3.62. The Morgan fingerprint density at radius 1 is 0.889 bits per heavy atom. The first-order valence-electron chi connectivity index (χ1n) is 9.30. The van der Waals surface area contributed by atoms with E-state index < -0.39 is 12.0 Å². The van der Waals surface area contributed by atoms with Crippen molar-refractivity contribution in [3.63, 3.8) is 0 Å². The Labute approximate surface area is 163 Å². The lowest BCUT2D eigenvalue weighted by atomic mass is 9.90. The number of halogens is 1. The van der Waals surface area contributed by atoms with Crippen molar-refractivity contribution in [3.8, 4) is 0 Å². The molecule has 0 aliphatic carbocycles. The fraction of sp³-hybridized carbons (Fsp3) is 0.333. The summed E-state index contributed by atoms with van der Waals surface area (Å²) in [6.07, 6.45) is 0.982. The number of hydrogen-bond acceptors (Lipinski definition) is 4. The molecule has 2 aromatic carbocycles. The van der Waals surface area contributed by atoms with Crippen molar-refractivity contribution in [2.45, 2.75) is 25.4 Å². The van der Waals surface area contributed by atoms with Gasteiger partial charge < -0.3 is 0 Å². The number of imide groups is 1. The van der Waals surface area contributed by atoms with E-state index in [-0.39, 0.29) is 17.9 Å². The number of hydrazine groups is 1. The van der Waals surface area contributed by atoms with Crippen molar-refractivity contribution in [1.82, 2.24) is 10.0 Å². The van der Waals surface area contributed by atoms with E-state index in [4.69, 9.17) is 11.6 Å². The molecule has 27 heavy (non-hydrogen) atoms. The highest BCUT2D eigenvalue weighted by molar-refractivity contribution is 6.31. The van der Waals surface area contributed by atoms with Crippen LogP contribution in [0.15, 0.2) is 48.5 Å². The molecule has 6 heteroatoms. The van der Waals surface area contributed by atoms with Crippen LogP contribution in [0, 0.1) is 12.8 Å². The number of rotatable bonds is 2. The number of nitrogens with zero attached hydrogens (tertiary/aromatic N) is 3. The largest absolute Gasteiger partial charge is 0.274 e. The van der Waals surface area contributed by atoms with Crippen LogP contribution in [0.3, 0.4) is 0 Å². The lowest BCUT2D eigenvalue weighted by Crippen LogP contribution is -2.44. The summed E-state index contributed by atoms with van der Waals surface area (Å²) in [5.74, 6) is -0.692. The van der Waals surface area contributed by atoms with E-state index in [9.17, 15) is 9.59 Å². The van der Waals surface area contributed by atoms with Gasteiger partial charge in [-0.15, -0.1) is 0 Å². The Bertz CT molecular complexity index is 929. The molecule has 5 rings (SSSR count). The Morgan fingerprint density at radius 3 is 2.26 bits per heavy atom. The van der Waals surface area contributed by atoms with Crippen LogP contribution in [-0.2, 0) is 9.59 Å². The molecule has 2 aromatic rings. The molecule has 0 spiro atoms. The summed E-state index contributed by atoms with van der Waals surface area (Å²) >= 11 is 6.48. The molecule has 5 nitrogen and oxygen atoms in total. The van der Waals surface area contributed by atoms with Gasteiger partial charge in [0.25, 0.3) is 5.91 Å². The van der Waals surface area contributed by atoms with Gasteiger partial charge in [0.15, 0.2) is 0 Å². The lowest BCUT2D eigenvalue weighted by Gasteiger charge is -2.30. The van der Waals surface area contributed by atoms with E-state index in [1.54, 1.807) is 0 Å². The fourth-order valence-corrected chi connectivity index (χ4v) is 5.00. The van der Waals surface area contributed by atoms with Crippen LogP contribution in [-0.4, -0.2) is 41.0 Å². The van der Waals surface area contributed by atoms with Gasteiger partial charge in [0.2, 0.25) is 5.91 Å². The quantitative estimate of drug-likeness (QED) is 0.749. The number of fused-ring (bicyclic) bond motifs is 3. The maximum absolute atomic E-state index is 13.4. The van der Waals surface area contributed by atoms with Gasteiger partial charge in [0.05, 0.1) is 17.6 Å². The lowest BCUT2D eigenvalue weighted by molar-refractivity contribution is -0.126. The second kappa shape index (κ2) is 6.16. The first-order chi connectivity index (χ1) is 13.1. The summed E-state index contributed by atoms with van der Waals surface area (Å²) in [4.78, 5) is 28.1. The molecule has 0 bridgehead atoms. The highest BCUT2D eigenvalue weighted by atomic mass is 35.5. The number of aryl methyl sites for hydroxylation is 1. The van der Waals surface area contributed by atoms with Gasteiger partial charge in [-0.2, -0.15) is 0 Å². The van der Waals surface area contributed by atoms with Gasteiger partial charge in [-0.1, -0.05) is 47.5 Å². The predicted octanol–water partition coefficient (Wildman–Crippen LogP) is 3.18. The highest BCUT2D eigenvalue weighted by Crippen LogP contribution is 2.50. The van der Waals surface area contributed by atoms with Crippen LogP contribution in [0.5, 0.6) is 0 Å². The first kappa shape index (κ1) is 16.9. The Kier molecular flexibility index (Phi) is 3.86. The first-order valence-corrected chi connectivity index (χ1v) is 9.68. The van der Waals surface area contributed by atoms with Gasteiger partial charge in [0.1, 0.15) is 6.04 Å². The monoisotopic (exact) mass is 381 g/mol. The molecule has 0 N–H and O–H groups in total. The summed E-state index contributed by atoms with van der Waals surface area (Å²) in [6, 6.07) is 14.6. The molecule has 138 valence electrons. The molecule has 0 aromatic heterocycles. The van der Waals surface area contributed by atoms with E-state index in [2.05, 4.69) is 10.0 Å². The Morgan fingerprint density at radius 2 is 1.56 bits per heavy atom. The zero-order valence-corrected chi connectivity index (χ0v) is 15.8. The van der Waals surface area contributed by atoms with E-state index in [0.717, 1.165) is 30.6 Å². The van der Waals surface area contributed by atoms with Gasteiger partial charge in [-0.25, -0.2) is 14.9 Å². The molecule has 3 aliphatic rings. The molecular formula is C21H20ClN3O2. The van der Waals surface area contributed by atoms with Crippen LogP contribution in [0.2, 0.25) is 5.02 Å². The molecule has 3 aliphatic heterocycles. The van der Waals surface area contributed by atoms with Crippen molar-refractivity contribution in [2.75, 3.05) is 18.0 Å². The molecule has 2 amide bonds. The van der Waals surface area contributed by atoms with E-state index in [1.807, 2.05) is 55.5 Å². The maximum Gasteiger partial charge on any atom is 0.253 e. The second-order valence-corrected chi connectivity index (χ2v) is 7.87. The smallest absolute Gasteiger partial charge is 0.253 e. The topological polar surface area (TPSA) is 43.9 Å². The van der Waals surface area contributed by atoms with Crippen molar-refractivity contribution < 1.29 is 9.59 Å². The molecule has 0 unspecified atom stereocenters. The summed E-state index contributed by atoms with van der Waals surface area (Å²) in [5.41, 5.74) is 2.66. The standard InChI is InChI=1S/C21H20ClN3O2/c1-13-7-9-14(10-8-13)25-20(26)17-18(15-5-2-3-6-16(15)22)23-11-4-12-24(23)19(17)21(25)27/h2-3,5-10,17-19H,4,11-12H2,1H3/t17-,18+,19+/m1/s1. The molecular weight excluding hydrogens is 362 g/mol. The van der Waals surface area contributed by atoms with Gasteiger partial charge in [-0.05, 0) is 37.1 Å². The zero-order chi connectivity index (χ0) is 18.7. The molecule has 0 saturated carbocycles. The number of hydrogen-bond donors (Lipinski definition) is 0. The van der Waals surface area contributed by atoms with Gasteiger partial charge in [-0.3, -0.25) is 9.59 Å². The summed E-state index contributed by atoms with van der Waals surface area (Å²) in [5, 5.41) is 4.91. The molecule has 3 heterocycles. The van der Waals surface area contributed by atoms with Crippen LogP contribution in [0.25, 0.3) is 0 Å². The molecule has 3 atom stereocenters. The van der Waals surface area contributed by atoms with Crippen molar-refractivity contribution >= 4 is 29.1 Å². The maximum atomic E-state index is 13.4. The average molecular weight is 382 g/mol. The zero-order valence-electron chi connectivity index (χ0n) is 15.0. The third-order valence-corrected chi connectivity index (χ3v) is 6.27. The van der Waals surface area contributed by atoms with Gasteiger partial charge >= 0.3 is 0 Å². The minimum absolute atomic E-state index is 0.129. The fourth-order valence-electron chi connectivity index (χ4n) is 4.75. The van der Waals surface area contributed by atoms with Crippen molar-refractivity contribution in [2.24, 2.45) is 5.92 Å². The normalized spacial score (nSPS) is 28.1.